The van der Waals surface area contributed by atoms with Crippen LogP contribution in [0.1, 0.15) is 28.4 Å². The minimum absolute atomic E-state index is 0.0249. The van der Waals surface area contributed by atoms with Crippen molar-refractivity contribution in [1.29, 1.82) is 0 Å². The van der Waals surface area contributed by atoms with Gasteiger partial charge in [-0.1, -0.05) is 55.5 Å². The molecule has 0 aliphatic carbocycles. The normalized spacial score (nSPS) is 10.4. The van der Waals surface area contributed by atoms with Gasteiger partial charge in [0.05, 0.1) is 0 Å². The summed E-state index contributed by atoms with van der Waals surface area (Å²) in [5, 5.41) is 0. The van der Waals surface area contributed by atoms with Crippen LogP contribution < -0.4 is 4.74 Å². The highest BCUT2D eigenvalue weighted by Gasteiger charge is 2.13. The molecule has 132 valence electrons. The fraction of sp³-hybridized carbons (Fsp3) is 0.174. The van der Waals surface area contributed by atoms with Gasteiger partial charge < -0.3 is 9.64 Å². The molecular weight excluding hydrogens is 322 g/mol. The summed E-state index contributed by atoms with van der Waals surface area (Å²) in [6, 6.07) is 25.2. The Bertz CT molecular complexity index is 857. The maximum atomic E-state index is 12.7. The fourth-order valence-corrected chi connectivity index (χ4v) is 2.76. The molecule has 3 aromatic rings. The number of ether oxygens (including phenoxy) is 1. The molecule has 0 aliphatic heterocycles. The molecule has 0 unspecified atom stereocenters. The zero-order valence-corrected chi connectivity index (χ0v) is 15.2. The van der Waals surface area contributed by atoms with E-state index in [9.17, 15) is 4.79 Å². The Morgan fingerprint density at radius 1 is 0.846 bits per heavy atom. The second-order valence-corrected chi connectivity index (χ2v) is 6.27. The average molecular weight is 345 g/mol. The molecular formula is C23H23NO2. The van der Waals surface area contributed by atoms with Crippen molar-refractivity contribution in [1.82, 2.24) is 4.90 Å². The number of para-hydroxylation sites is 1. The van der Waals surface area contributed by atoms with Crippen LogP contribution in [0.25, 0.3) is 0 Å². The Hall–Kier alpha value is -3.07. The maximum Gasteiger partial charge on any atom is 0.254 e. The number of hydrogen-bond acceptors (Lipinski definition) is 2. The fourth-order valence-electron chi connectivity index (χ4n) is 2.76. The number of carbonyl (C=O) groups excluding carboxylic acids is 1. The number of aryl methyl sites for hydroxylation is 1. The van der Waals surface area contributed by atoms with Crippen LogP contribution in [0.15, 0.2) is 78.9 Å². The Kier molecular flexibility index (Phi) is 5.69. The molecule has 0 saturated carbocycles. The molecule has 0 spiro atoms. The highest BCUT2D eigenvalue weighted by atomic mass is 16.5. The number of carbonyl (C=O) groups is 1. The molecule has 0 heterocycles. The van der Waals surface area contributed by atoms with Gasteiger partial charge in [-0.25, -0.2) is 0 Å². The number of hydrogen-bond donors (Lipinski definition) is 0. The topological polar surface area (TPSA) is 29.5 Å². The SMILES string of the molecule is CCc1ccc(CN(C)C(=O)c2cccc(Oc3ccccc3)c2)cc1. The second-order valence-electron chi connectivity index (χ2n) is 6.27. The quantitative estimate of drug-likeness (QED) is 0.605. The lowest BCUT2D eigenvalue weighted by atomic mass is 10.1. The first-order chi connectivity index (χ1) is 12.7. The van der Waals surface area contributed by atoms with Gasteiger partial charge in [-0.2, -0.15) is 0 Å². The third-order valence-corrected chi connectivity index (χ3v) is 4.26. The van der Waals surface area contributed by atoms with Gasteiger partial charge in [0.15, 0.2) is 0 Å². The zero-order valence-electron chi connectivity index (χ0n) is 15.2. The van der Waals surface area contributed by atoms with Gasteiger partial charge in [0, 0.05) is 19.2 Å². The van der Waals surface area contributed by atoms with Gasteiger partial charge >= 0.3 is 0 Å². The van der Waals surface area contributed by atoms with E-state index in [4.69, 9.17) is 4.74 Å². The smallest absolute Gasteiger partial charge is 0.254 e. The first kappa shape index (κ1) is 17.7. The van der Waals surface area contributed by atoms with E-state index in [0.29, 0.717) is 17.9 Å². The lowest BCUT2D eigenvalue weighted by molar-refractivity contribution is 0.0785. The van der Waals surface area contributed by atoms with Crippen molar-refractivity contribution in [3.8, 4) is 11.5 Å². The summed E-state index contributed by atoms with van der Waals surface area (Å²) in [5.41, 5.74) is 3.04. The Labute approximate surface area is 154 Å². The van der Waals surface area contributed by atoms with E-state index in [0.717, 1.165) is 17.7 Å². The van der Waals surface area contributed by atoms with E-state index in [-0.39, 0.29) is 5.91 Å². The van der Waals surface area contributed by atoms with Crippen LogP contribution >= 0.6 is 0 Å². The Morgan fingerprint density at radius 2 is 1.50 bits per heavy atom. The number of nitrogens with zero attached hydrogens (tertiary/aromatic N) is 1. The summed E-state index contributed by atoms with van der Waals surface area (Å²) in [7, 11) is 1.82. The third-order valence-electron chi connectivity index (χ3n) is 4.26. The molecule has 3 aromatic carbocycles. The summed E-state index contributed by atoms with van der Waals surface area (Å²) in [4.78, 5) is 14.5. The van der Waals surface area contributed by atoms with Crippen molar-refractivity contribution >= 4 is 5.91 Å². The standard InChI is InChI=1S/C23H23NO2/c1-3-18-12-14-19(15-13-18)17-24(2)23(25)20-8-7-11-22(16-20)26-21-9-5-4-6-10-21/h4-16H,3,17H2,1-2H3. The summed E-state index contributed by atoms with van der Waals surface area (Å²) in [5.74, 6) is 1.38. The first-order valence-corrected chi connectivity index (χ1v) is 8.82. The highest BCUT2D eigenvalue weighted by Crippen LogP contribution is 2.22. The van der Waals surface area contributed by atoms with E-state index >= 15 is 0 Å². The van der Waals surface area contributed by atoms with Crippen molar-refractivity contribution < 1.29 is 9.53 Å². The van der Waals surface area contributed by atoms with Gasteiger partial charge in [0.1, 0.15) is 11.5 Å². The van der Waals surface area contributed by atoms with E-state index in [2.05, 4.69) is 31.2 Å². The maximum absolute atomic E-state index is 12.7. The molecule has 0 atom stereocenters. The predicted octanol–water partition coefficient (Wildman–Crippen LogP) is 5.31. The minimum atomic E-state index is -0.0249. The summed E-state index contributed by atoms with van der Waals surface area (Å²) in [6.45, 7) is 2.71. The van der Waals surface area contributed by atoms with Crippen molar-refractivity contribution in [3.05, 3.63) is 95.6 Å². The summed E-state index contributed by atoms with van der Waals surface area (Å²) < 4.78 is 5.82. The summed E-state index contributed by atoms with van der Waals surface area (Å²) >= 11 is 0. The van der Waals surface area contributed by atoms with Gasteiger partial charge in [-0.15, -0.1) is 0 Å². The molecule has 26 heavy (non-hydrogen) atoms. The molecule has 0 aromatic heterocycles. The van der Waals surface area contributed by atoms with E-state index in [1.165, 1.54) is 5.56 Å². The van der Waals surface area contributed by atoms with Gasteiger partial charge in [-0.05, 0) is 47.9 Å². The predicted molar refractivity (Wildman–Crippen MR) is 105 cm³/mol. The largest absolute Gasteiger partial charge is 0.457 e. The molecule has 3 rings (SSSR count). The van der Waals surface area contributed by atoms with Crippen molar-refractivity contribution in [2.45, 2.75) is 19.9 Å². The molecule has 0 saturated heterocycles. The third kappa shape index (κ3) is 4.51. The van der Waals surface area contributed by atoms with Gasteiger partial charge in [0.2, 0.25) is 0 Å². The molecule has 1 amide bonds. The van der Waals surface area contributed by atoms with E-state index in [1.54, 1.807) is 11.0 Å². The molecule has 0 N–H and O–H groups in total. The molecule has 3 nitrogen and oxygen atoms in total. The van der Waals surface area contributed by atoms with E-state index in [1.807, 2.05) is 55.6 Å². The van der Waals surface area contributed by atoms with Crippen LogP contribution in [0.4, 0.5) is 0 Å². The number of amides is 1. The minimum Gasteiger partial charge on any atom is -0.457 e. The zero-order chi connectivity index (χ0) is 18.4. The molecule has 0 radical (unpaired) electrons. The lowest BCUT2D eigenvalue weighted by Gasteiger charge is -2.18. The molecule has 0 bridgehead atoms. The Balaban J connectivity index is 1.69. The second kappa shape index (κ2) is 8.34. The highest BCUT2D eigenvalue weighted by molar-refractivity contribution is 5.94. The molecule has 0 aliphatic rings. The van der Waals surface area contributed by atoms with Crippen LogP contribution in [-0.2, 0) is 13.0 Å². The van der Waals surface area contributed by atoms with Crippen molar-refractivity contribution in [2.24, 2.45) is 0 Å². The van der Waals surface area contributed by atoms with E-state index < -0.39 is 0 Å². The van der Waals surface area contributed by atoms with Crippen LogP contribution in [-0.4, -0.2) is 17.9 Å². The average Bonchev–Trinajstić information content (AvgIpc) is 2.69. The van der Waals surface area contributed by atoms with Crippen molar-refractivity contribution in [3.63, 3.8) is 0 Å². The van der Waals surface area contributed by atoms with Gasteiger partial charge in [0.25, 0.3) is 5.91 Å². The van der Waals surface area contributed by atoms with Crippen LogP contribution in [0.5, 0.6) is 11.5 Å². The monoisotopic (exact) mass is 345 g/mol. The van der Waals surface area contributed by atoms with Crippen LogP contribution in [0.2, 0.25) is 0 Å². The number of benzene rings is 3. The lowest BCUT2D eigenvalue weighted by Crippen LogP contribution is -2.26. The van der Waals surface area contributed by atoms with Crippen LogP contribution in [0, 0.1) is 0 Å². The van der Waals surface area contributed by atoms with Crippen LogP contribution in [0.3, 0.4) is 0 Å². The molecule has 3 heteroatoms. The number of rotatable bonds is 6. The van der Waals surface area contributed by atoms with Crippen molar-refractivity contribution in [2.75, 3.05) is 7.05 Å². The van der Waals surface area contributed by atoms with Gasteiger partial charge in [-0.3, -0.25) is 4.79 Å². The first-order valence-electron chi connectivity index (χ1n) is 8.82. The summed E-state index contributed by atoms with van der Waals surface area (Å²) in [6.07, 6.45) is 1.02. The Morgan fingerprint density at radius 3 is 2.19 bits per heavy atom. The molecule has 0 fully saturated rings.